The van der Waals surface area contributed by atoms with Gasteiger partial charge in [-0.1, -0.05) is 19.4 Å². The highest BCUT2D eigenvalue weighted by atomic mass is 15.2. The van der Waals surface area contributed by atoms with Crippen LogP contribution in [0.1, 0.15) is 24.7 Å². The van der Waals surface area contributed by atoms with Crippen molar-refractivity contribution in [2.24, 2.45) is 0 Å². The minimum absolute atomic E-state index is 0.255. The first-order valence-electron chi connectivity index (χ1n) is 8.15. The van der Waals surface area contributed by atoms with Crippen LogP contribution in [0.5, 0.6) is 0 Å². The van der Waals surface area contributed by atoms with E-state index in [1.807, 2.05) is 29.2 Å². The largest absolute Gasteiger partial charge is 0.368 e. The second-order valence-electron chi connectivity index (χ2n) is 5.83. The van der Waals surface area contributed by atoms with Crippen molar-refractivity contribution in [2.75, 3.05) is 22.9 Å². The molecule has 1 aliphatic rings. The molecule has 8 nitrogen and oxygen atoms in total. The Morgan fingerprint density at radius 3 is 2.80 bits per heavy atom. The monoisotopic (exact) mass is 334 g/mol. The number of rotatable bonds is 3. The maximum absolute atomic E-state index is 5.82. The summed E-state index contributed by atoms with van der Waals surface area (Å²) in [6, 6.07) is 3.84. The van der Waals surface area contributed by atoms with E-state index >= 15 is 0 Å². The fourth-order valence-electron chi connectivity index (χ4n) is 2.96. The Kier molecular flexibility index (Phi) is 3.64. The maximum Gasteiger partial charge on any atom is 0.220 e. The molecule has 3 aromatic heterocycles. The minimum Gasteiger partial charge on any atom is -0.368 e. The number of hydrogen-bond donors (Lipinski definition) is 2. The molecule has 25 heavy (non-hydrogen) atoms. The van der Waals surface area contributed by atoms with Crippen molar-refractivity contribution >= 4 is 40.5 Å². The lowest BCUT2D eigenvalue weighted by Crippen LogP contribution is -2.22. The smallest absolute Gasteiger partial charge is 0.220 e. The molecule has 0 saturated heterocycles. The van der Waals surface area contributed by atoms with Gasteiger partial charge in [0.2, 0.25) is 11.9 Å². The first-order valence-corrected chi connectivity index (χ1v) is 8.15. The van der Waals surface area contributed by atoms with Crippen LogP contribution in [0.3, 0.4) is 0 Å². The molecule has 4 heterocycles. The minimum atomic E-state index is 0.255. The molecule has 0 spiro atoms. The van der Waals surface area contributed by atoms with Gasteiger partial charge in [0.25, 0.3) is 0 Å². The van der Waals surface area contributed by atoms with Crippen molar-refractivity contribution in [1.82, 2.24) is 24.9 Å². The molecule has 1 aliphatic heterocycles. The lowest BCUT2D eigenvalue weighted by Gasteiger charge is -2.26. The lowest BCUT2D eigenvalue weighted by molar-refractivity contribution is 0.884. The third-order valence-corrected chi connectivity index (χ3v) is 4.05. The van der Waals surface area contributed by atoms with Crippen LogP contribution in [0.25, 0.3) is 17.1 Å². The van der Waals surface area contributed by atoms with Gasteiger partial charge < -0.3 is 16.4 Å². The van der Waals surface area contributed by atoms with E-state index in [9.17, 15) is 0 Å². The maximum atomic E-state index is 5.82. The normalized spacial score (nSPS) is 13.2. The summed E-state index contributed by atoms with van der Waals surface area (Å²) in [6.45, 7) is 2.78. The topological polar surface area (TPSA) is 120 Å². The highest BCUT2D eigenvalue weighted by Crippen LogP contribution is 2.31. The number of nitrogens with zero attached hydrogens (tertiary/aromatic N) is 6. The van der Waals surface area contributed by atoms with E-state index in [0.717, 1.165) is 46.8 Å². The Morgan fingerprint density at radius 1 is 1.08 bits per heavy atom. The Labute approximate surface area is 144 Å². The van der Waals surface area contributed by atoms with Crippen molar-refractivity contribution in [3.8, 4) is 0 Å². The van der Waals surface area contributed by atoms with Crippen LogP contribution in [0.2, 0.25) is 0 Å². The van der Waals surface area contributed by atoms with Crippen LogP contribution in [-0.2, 0) is 6.42 Å². The third kappa shape index (κ3) is 2.71. The molecule has 0 amide bonds. The van der Waals surface area contributed by atoms with Gasteiger partial charge in [-0.05, 0) is 24.6 Å². The van der Waals surface area contributed by atoms with Crippen LogP contribution in [0, 0.1) is 0 Å². The SMILES string of the molecule is CCCc1nc(N)nc2ccc(N3CC=Cc4nc(N)ncc43)nc12. The number of nitrogen functional groups attached to an aromatic ring is 2. The molecule has 0 saturated carbocycles. The number of aromatic nitrogens is 5. The van der Waals surface area contributed by atoms with E-state index in [2.05, 4.69) is 26.9 Å². The second kappa shape index (κ2) is 5.97. The molecule has 0 aromatic carbocycles. The predicted octanol–water partition coefficient (Wildman–Crippen LogP) is 2.10. The first kappa shape index (κ1) is 15.3. The van der Waals surface area contributed by atoms with Crippen molar-refractivity contribution in [1.29, 1.82) is 0 Å². The van der Waals surface area contributed by atoms with Crippen LogP contribution in [-0.4, -0.2) is 31.5 Å². The fraction of sp³-hybridized carbons (Fsp3) is 0.235. The Bertz CT molecular complexity index is 982. The summed E-state index contributed by atoms with van der Waals surface area (Å²) in [5.41, 5.74) is 15.6. The van der Waals surface area contributed by atoms with E-state index < -0.39 is 0 Å². The zero-order valence-electron chi connectivity index (χ0n) is 13.8. The van der Waals surface area contributed by atoms with Gasteiger partial charge in [-0.15, -0.1) is 0 Å². The molecule has 3 aromatic rings. The molecule has 0 bridgehead atoms. The van der Waals surface area contributed by atoms with Gasteiger partial charge in [-0.2, -0.15) is 0 Å². The van der Waals surface area contributed by atoms with Crippen LogP contribution >= 0.6 is 0 Å². The Balaban J connectivity index is 1.84. The molecule has 0 unspecified atom stereocenters. The molecule has 4 rings (SSSR count). The number of fused-ring (bicyclic) bond motifs is 2. The zero-order chi connectivity index (χ0) is 17.4. The molecule has 0 atom stereocenters. The van der Waals surface area contributed by atoms with E-state index in [-0.39, 0.29) is 11.9 Å². The highest BCUT2D eigenvalue weighted by molar-refractivity contribution is 5.82. The van der Waals surface area contributed by atoms with Gasteiger partial charge >= 0.3 is 0 Å². The van der Waals surface area contributed by atoms with Gasteiger partial charge in [0, 0.05) is 6.54 Å². The molecule has 8 heteroatoms. The number of pyridine rings is 1. The molecular weight excluding hydrogens is 316 g/mol. The number of aryl methyl sites for hydroxylation is 1. The predicted molar refractivity (Wildman–Crippen MR) is 98.2 cm³/mol. The third-order valence-electron chi connectivity index (χ3n) is 4.05. The molecule has 0 radical (unpaired) electrons. The summed E-state index contributed by atoms with van der Waals surface area (Å²) in [7, 11) is 0. The van der Waals surface area contributed by atoms with Crippen molar-refractivity contribution in [2.45, 2.75) is 19.8 Å². The highest BCUT2D eigenvalue weighted by Gasteiger charge is 2.19. The average molecular weight is 334 g/mol. The lowest BCUT2D eigenvalue weighted by atomic mass is 10.2. The number of nitrogens with two attached hydrogens (primary N) is 2. The summed E-state index contributed by atoms with van der Waals surface area (Å²) in [4.78, 5) is 23.9. The summed E-state index contributed by atoms with van der Waals surface area (Å²) in [6.07, 6.45) is 7.44. The molecule has 4 N–H and O–H groups in total. The van der Waals surface area contributed by atoms with Crippen LogP contribution < -0.4 is 16.4 Å². The van der Waals surface area contributed by atoms with Crippen molar-refractivity contribution in [3.05, 3.63) is 35.8 Å². The Morgan fingerprint density at radius 2 is 1.96 bits per heavy atom. The average Bonchev–Trinajstić information content (AvgIpc) is 2.61. The van der Waals surface area contributed by atoms with Crippen molar-refractivity contribution in [3.63, 3.8) is 0 Å². The van der Waals surface area contributed by atoms with Crippen LogP contribution in [0.15, 0.2) is 24.4 Å². The Hall–Kier alpha value is -3.29. The van der Waals surface area contributed by atoms with Gasteiger partial charge in [-0.25, -0.2) is 24.9 Å². The molecule has 0 aliphatic carbocycles. The molecule has 0 fully saturated rings. The molecule has 126 valence electrons. The number of hydrogen-bond acceptors (Lipinski definition) is 8. The first-order chi connectivity index (χ1) is 12.2. The summed E-state index contributed by atoms with van der Waals surface area (Å²) in [5.74, 6) is 1.32. The number of anilines is 4. The standard InChI is InChI=1S/C17H18N8/c1-2-4-11-15-12(23-17(19)22-11)6-7-14(24-15)25-8-3-5-10-13(25)9-20-16(18)21-10/h3,5-7,9H,2,4,8H2,1H3,(H2,18,20,21)(H2,19,22,23). The van der Waals surface area contributed by atoms with E-state index in [0.29, 0.717) is 6.54 Å². The van der Waals surface area contributed by atoms with Gasteiger partial charge in [-0.3, -0.25) is 0 Å². The summed E-state index contributed by atoms with van der Waals surface area (Å²) in [5, 5.41) is 0. The van der Waals surface area contributed by atoms with Crippen molar-refractivity contribution < 1.29 is 0 Å². The van der Waals surface area contributed by atoms with E-state index in [4.69, 9.17) is 16.5 Å². The van der Waals surface area contributed by atoms with Gasteiger partial charge in [0.15, 0.2) is 0 Å². The molecular formula is C17H18N8. The quantitative estimate of drug-likeness (QED) is 0.747. The van der Waals surface area contributed by atoms with Gasteiger partial charge in [0.1, 0.15) is 11.3 Å². The van der Waals surface area contributed by atoms with Crippen LogP contribution in [0.4, 0.5) is 23.4 Å². The fourth-order valence-corrected chi connectivity index (χ4v) is 2.96. The van der Waals surface area contributed by atoms with E-state index in [1.54, 1.807) is 6.20 Å². The summed E-state index contributed by atoms with van der Waals surface area (Å²) >= 11 is 0. The second-order valence-corrected chi connectivity index (χ2v) is 5.83. The van der Waals surface area contributed by atoms with E-state index in [1.165, 1.54) is 0 Å². The summed E-state index contributed by atoms with van der Waals surface area (Å²) < 4.78 is 0. The zero-order valence-corrected chi connectivity index (χ0v) is 13.8. The van der Waals surface area contributed by atoms with Gasteiger partial charge in [0.05, 0.1) is 28.8 Å².